The molecule has 0 bridgehead atoms. The average Bonchev–Trinajstić information content (AvgIpc) is 3.01. The summed E-state index contributed by atoms with van der Waals surface area (Å²) in [5.74, 6) is -0.0620. The van der Waals surface area contributed by atoms with Crippen LogP contribution in [-0.2, 0) is 9.53 Å². The number of hydrogen-bond donors (Lipinski definition) is 1. The molecule has 2 aromatic rings. The SMILES string of the molecule is COC(=O)c1cnc(NC(=O)C=Cc2ccc(OC)cc2)s1. The predicted molar refractivity (Wildman–Crippen MR) is 84.1 cm³/mol. The molecule has 0 unspecified atom stereocenters. The monoisotopic (exact) mass is 318 g/mol. The Morgan fingerprint density at radius 3 is 2.59 bits per heavy atom. The summed E-state index contributed by atoms with van der Waals surface area (Å²) < 4.78 is 9.63. The first-order valence-electron chi connectivity index (χ1n) is 6.29. The van der Waals surface area contributed by atoms with Crippen LogP contribution in [0.4, 0.5) is 5.13 Å². The van der Waals surface area contributed by atoms with Crippen molar-refractivity contribution in [2.45, 2.75) is 0 Å². The van der Waals surface area contributed by atoms with Crippen molar-refractivity contribution in [2.24, 2.45) is 0 Å². The lowest BCUT2D eigenvalue weighted by atomic mass is 10.2. The highest BCUT2D eigenvalue weighted by Crippen LogP contribution is 2.19. The molecule has 114 valence electrons. The number of aromatic nitrogens is 1. The quantitative estimate of drug-likeness (QED) is 0.677. The van der Waals surface area contributed by atoms with Crippen molar-refractivity contribution in [3.05, 3.63) is 47.0 Å². The molecule has 1 N–H and O–H groups in total. The van der Waals surface area contributed by atoms with E-state index in [9.17, 15) is 9.59 Å². The molecule has 1 aromatic carbocycles. The molecule has 0 aliphatic rings. The normalized spacial score (nSPS) is 10.5. The number of anilines is 1. The fourth-order valence-corrected chi connectivity index (χ4v) is 2.30. The molecule has 1 amide bonds. The van der Waals surface area contributed by atoms with E-state index < -0.39 is 5.97 Å². The summed E-state index contributed by atoms with van der Waals surface area (Å²) in [6.45, 7) is 0. The van der Waals surface area contributed by atoms with Crippen LogP contribution in [0, 0.1) is 0 Å². The molecule has 0 saturated carbocycles. The van der Waals surface area contributed by atoms with E-state index in [-0.39, 0.29) is 5.91 Å². The van der Waals surface area contributed by atoms with E-state index in [0.717, 1.165) is 22.6 Å². The van der Waals surface area contributed by atoms with Gasteiger partial charge >= 0.3 is 5.97 Å². The average molecular weight is 318 g/mol. The van der Waals surface area contributed by atoms with Crippen LogP contribution in [0.3, 0.4) is 0 Å². The van der Waals surface area contributed by atoms with Crippen LogP contribution in [0.25, 0.3) is 6.08 Å². The maximum atomic E-state index is 11.8. The third kappa shape index (κ3) is 4.16. The molecule has 0 aliphatic heterocycles. The second-order valence-corrected chi connectivity index (χ2v) is 5.15. The van der Waals surface area contributed by atoms with Crippen LogP contribution in [0.2, 0.25) is 0 Å². The number of methoxy groups -OCH3 is 2. The van der Waals surface area contributed by atoms with Gasteiger partial charge in [-0.25, -0.2) is 9.78 Å². The number of ether oxygens (including phenoxy) is 2. The van der Waals surface area contributed by atoms with Gasteiger partial charge in [-0.15, -0.1) is 0 Å². The summed E-state index contributed by atoms with van der Waals surface area (Å²) in [5, 5.41) is 2.92. The molecule has 7 heteroatoms. The van der Waals surface area contributed by atoms with Crippen LogP contribution >= 0.6 is 11.3 Å². The Balaban J connectivity index is 1.95. The Morgan fingerprint density at radius 2 is 1.95 bits per heavy atom. The standard InChI is InChI=1S/C15H14N2O4S/c1-20-11-6-3-10(4-7-11)5-8-13(18)17-15-16-9-12(22-15)14(19)21-2/h3-9H,1-2H3,(H,16,17,18). The van der Waals surface area contributed by atoms with Crippen molar-refractivity contribution in [1.29, 1.82) is 0 Å². The molecule has 0 atom stereocenters. The number of nitrogens with one attached hydrogen (secondary N) is 1. The van der Waals surface area contributed by atoms with Crippen molar-refractivity contribution in [3.63, 3.8) is 0 Å². The number of carbonyl (C=O) groups excluding carboxylic acids is 2. The largest absolute Gasteiger partial charge is 0.497 e. The van der Waals surface area contributed by atoms with Crippen molar-refractivity contribution >= 4 is 34.4 Å². The topological polar surface area (TPSA) is 77.5 Å². The van der Waals surface area contributed by atoms with Gasteiger partial charge in [-0.1, -0.05) is 23.5 Å². The molecule has 6 nitrogen and oxygen atoms in total. The van der Waals surface area contributed by atoms with E-state index in [1.54, 1.807) is 25.3 Å². The van der Waals surface area contributed by atoms with Gasteiger partial charge in [0.05, 0.1) is 20.4 Å². The van der Waals surface area contributed by atoms with Gasteiger partial charge < -0.3 is 9.47 Å². The Morgan fingerprint density at radius 1 is 1.23 bits per heavy atom. The lowest BCUT2D eigenvalue weighted by Crippen LogP contribution is -2.07. The highest BCUT2D eigenvalue weighted by molar-refractivity contribution is 7.17. The van der Waals surface area contributed by atoms with E-state index in [4.69, 9.17) is 4.74 Å². The zero-order valence-corrected chi connectivity index (χ0v) is 12.8. The summed E-state index contributed by atoms with van der Waals surface area (Å²) in [5.41, 5.74) is 0.866. The molecule has 0 spiro atoms. The molecule has 1 heterocycles. The van der Waals surface area contributed by atoms with Gasteiger partial charge in [0.1, 0.15) is 10.6 Å². The maximum Gasteiger partial charge on any atom is 0.349 e. The Kier molecular flexibility index (Phi) is 5.26. The minimum atomic E-state index is -0.480. The van der Waals surface area contributed by atoms with E-state index >= 15 is 0 Å². The van der Waals surface area contributed by atoms with Crippen molar-refractivity contribution in [3.8, 4) is 5.75 Å². The van der Waals surface area contributed by atoms with Gasteiger partial charge in [0.2, 0.25) is 5.91 Å². The third-order valence-corrected chi connectivity index (χ3v) is 3.56. The highest BCUT2D eigenvalue weighted by Gasteiger charge is 2.11. The lowest BCUT2D eigenvalue weighted by Gasteiger charge is -1.99. The van der Waals surface area contributed by atoms with Crippen molar-refractivity contribution < 1.29 is 19.1 Å². The molecule has 0 radical (unpaired) electrons. The van der Waals surface area contributed by atoms with Gasteiger partial charge in [-0.2, -0.15) is 0 Å². The Bertz CT molecular complexity index is 692. The molecule has 0 fully saturated rings. The fraction of sp³-hybridized carbons (Fsp3) is 0.133. The van der Waals surface area contributed by atoms with Crippen LogP contribution in [0.5, 0.6) is 5.75 Å². The predicted octanol–water partition coefficient (Wildman–Crippen LogP) is 2.59. The second kappa shape index (κ2) is 7.37. The van der Waals surface area contributed by atoms with Crippen molar-refractivity contribution in [2.75, 3.05) is 19.5 Å². The smallest absolute Gasteiger partial charge is 0.349 e. The molecule has 1 aromatic heterocycles. The number of nitrogens with zero attached hydrogens (tertiary/aromatic N) is 1. The molecule has 22 heavy (non-hydrogen) atoms. The van der Waals surface area contributed by atoms with Gasteiger partial charge in [-0.3, -0.25) is 10.1 Å². The van der Waals surface area contributed by atoms with Crippen molar-refractivity contribution in [1.82, 2.24) is 4.98 Å². The van der Waals surface area contributed by atoms with Gasteiger partial charge in [0.15, 0.2) is 5.13 Å². The summed E-state index contributed by atoms with van der Waals surface area (Å²) in [6, 6.07) is 7.28. The number of amides is 1. The summed E-state index contributed by atoms with van der Waals surface area (Å²) in [4.78, 5) is 27.3. The number of benzene rings is 1. The molecule has 2 rings (SSSR count). The summed E-state index contributed by atoms with van der Waals surface area (Å²) >= 11 is 1.05. The van der Waals surface area contributed by atoms with E-state index in [0.29, 0.717) is 10.0 Å². The van der Waals surface area contributed by atoms with Crippen LogP contribution in [0.1, 0.15) is 15.2 Å². The zero-order chi connectivity index (χ0) is 15.9. The molecular formula is C15H14N2O4S. The highest BCUT2D eigenvalue weighted by atomic mass is 32.1. The van der Waals surface area contributed by atoms with Crippen LogP contribution < -0.4 is 10.1 Å². The maximum absolute atomic E-state index is 11.8. The van der Waals surface area contributed by atoms with E-state index in [1.165, 1.54) is 19.4 Å². The number of rotatable bonds is 5. The Labute approximate surface area is 131 Å². The molecule has 0 saturated heterocycles. The van der Waals surface area contributed by atoms with Gasteiger partial charge in [0.25, 0.3) is 0 Å². The number of carbonyl (C=O) groups is 2. The van der Waals surface area contributed by atoms with Gasteiger partial charge in [-0.05, 0) is 23.8 Å². The summed E-state index contributed by atoms with van der Waals surface area (Å²) in [6.07, 6.45) is 4.42. The van der Waals surface area contributed by atoms with E-state index in [1.807, 2.05) is 12.1 Å². The third-order valence-electron chi connectivity index (χ3n) is 2.67. The lowest BCUT2D eigenvalue weighted by molar-refractivity contribution is -0.111. The van der Waals surface area contributed by atoms with Gasteiger partial charge in [0, 0.05) is 6.08 Å². The van der Waals surface area contributed by atoms with Crippen LogP contribution in [-0.4, -0.2) is 31.1 Å². The fourth-order valence-electron chi connectivity index (χ4n) is 1.56. The number of hydrogen-bond acceptors (Lipinski definition) is 6. The first-order valence-corrected chi connectivity index (χ1v) is 7.11. The summed E-state index contributed by atoms with van der Waals surface area (Å²) in [7, 11) is 2.88. The van der Waals surface area contributed by atoms with Crippen LogP contribution in [0.15, 0.2) is 36.5 Å². The number of esters is 1. The minimum Gasteiger partial charge on any atom is -0.497 e. The second-order valence-electron chi connectivity index (χ2n) is 4.12. The van der Waals surface area contributed by atoms with E-state index in [2.05, 4.69) is 15.0 Å². The minimum absolute atomic E-state index is 0.330. The first kappa shape index (κ1) is 15.7. The Hall–Kier alpha value is -2.67. The molecule has 0 aliphatic carbocycles. The zero-order valence-electron chi connectivity index (χ0n) is 12.0. The first-order chi connectivity index (χ1) is 10.6. The number of thiazole rings is 1. The molecular weight excluding hydrogens is 304 g/mol.